The molecule has 0 saturated carbocycles. The zero-order valence-corrected chi connectivity index (χ0v) is 14.1. The van der Waals surface area contributed by atoms with Crippen molar-refractivity contribution in [3.8, 4) is 0 Å². The summed E-state index contributed by atoms with van der Waals surface area (Å²) in [6, 6.07) is 5.71. The second-order valence-corrected chi connectivity index (χ2v) is 6.41. The molecule has 1 fully saturated rings. The third kappa shape index (κ3) is 2.63. The third-order valence-electron chi connectivity index (χ3n) is 4.10. The van der Waals surface area contributed by atoms with E-state index in [1.54, 1.807) is 16.7 Å². The molecule has 6 heteroatoms. The van der Waals surface area contributed by atoms with E-state index in [1.807, 2.05) is 25.1 Å². The molecule has 0 spiro atoms. The predicted molar refractivity (Wildman–Crippen MR) is 86.8 cm³/mol. The normalized spacial score (nSPS) is 15.4. The Morgan fingerprint density at radius 1 is 1.14 bits per heavy atom. The number of fused-ring (bicyclic) bond motifs is 1. The number of nitrogens with zero attached hydrogens (tertiary/aromatic N) is 2. The third-order valence-corrected chi connectivity index (χ3v) is 4.60. The molecule has 0 radical (unpaired) electrons. The van der Waals surface area contributed by atoms with Gasteiger partial charge in [-0.05, 0) is 25.1 Å². The van der Waals surface area contributed by atoms with Crippen molar-refractivity contribution in [2.45, 2.75) is 13.8 Å². The summed E-state index contributed by atoms with van der Waals surface area (Å²) < 4.78 is 6.71. The number of rotatable bonds is 1. The van der Waals surface area contributed by atoms with Gasteiger partial charge in [0.05, 0.1) is 0 Å². The molecule has 0 bridgehead atoms. The molecule has 0 atom stereocenters. The van der Waals surface area contributed by atoms with Crippen LogP contribution in [-0.4, -0.2) is 47.8 Å². The topological polar surface area (TPSA) is 53.8 Å². The van der Waals surface area contributed by atoms with Crippen LogP contribution < -0.4 is 0 Å². The van der Waals surface area contributed by atoms with E-state index in [2.05, 4.69) is 15.9 Å². The van der Waals surface area contributed by atoms with Crippen LogP contribution in [0.4, 0.5) is 0 Å². The number of carbonyl (C=O) groups is 2. The predicted octanol–water partition coefficient (Wildman–Crippen LogP) is 2.81. The van der Waals surface area contributed by atoms with Crippen molar-refractivity contribution in [2.24, 2.45) is 0 Å². The highest BCUT2D eigenvalue weighted by Gasteiger charge is 2.27. The van der Waals surface area contributed by atoms with E-state index in [0.29, 0.717) is 37.5 Å². The van der Waals surface area contributed by atoms with E-state index in [1.165, 1.54) is 0 Å². The van der Waals surface area contributed by atoms with E-state index in [9.17, 15) is 9.59 Å². The van der Waals surface area contributed by atoms with Crippen molar-refractivity contribution in [1.29, 1.82) is 0 Å². The summed E-state index contributed by atoms with van der Waals surface area (Å²) in [5.41, 5.74) is 1.57. The zero-order valence-electron chi connectivity index (χ0n) is 12.6. The van der Waals surface area contributed by atoms with Gasteiger partial charge >= 0.3 is 0 Å². The van der Waals surface area contributed by atoms with Crippen LogP contribution in [0.5, 0.6) is 0 Å². The lowest BCUT2D eigenvalue weighted by molar-refractivity contribution is -0.130. The Bertz CT molecular complexity index is 745. The van der Waals surface area contributed by atoms with Crippen molar-refractivity contribution in [3.05, 3.63) is 34.0 Å². The first-order chi connectivity index (χ1) is 10.5. The number of halogens is 1. The highest BCUT2D eigenvalue weighted by atomic mass is 79.9. The smallest absolute Gasteiger partial charge is 0.290 e. The number of hydrogen-bond acceptors (Lipinski definition) is 3. The van der Waals surface area contributed by atoms with E-state index in [-0.39, 0.29) is 11.8 Å². The Morgan fingerprint density at radius 2 is 1.77 bits per heavy atom. The molecule has 5 nitrogen and oxygen atoms in total. The summed E-state index contributed by atoms with van der Waals surface area (Å²) >= 11 is 3.44. The van der Waals surface area contributed by atoms with Crippen LogP contribution in [0.25, 0.3) is 11.0 Å². The molecule has 2 aromatic rings. The number of hydrogen-bond donors (Lipinski definition) is 0. The SMILES string of the molecule is CC(=O)N1CCN(C(=O)c2oc3ccc(Br)cc3c2C)CC1. The van der Waals surface area contributed by atoms with Gasteiger partial charge in [-0.1, -0.05) is 15.9 Å². The maximum atomic E-state index is 12.7. The van der Waals surface area contributed by atoms with Crippen LogP contribution in [0.2, 0.25) is 0 Å². The highest BCUT2D eigenvalue weighted by molar-refractivity contribution is 9.10. The molecule has 1 aromatic heterocycles. The Balaban J connectivity index is 1.84. The molecule has 22 heavy (non-hydrogen) atoms. The molecule has 3 rings (SSSR count). The Hall–Kier alpha value is -1.82. The van der Waals surface area contributed by atoms with Crippen LogP contribution in [0.3, 0.4) is 0 Å². The number of piperazine rings is 1. The van der Waals surface area contributed by atoms with Crippen LogP contribution in [-0.2, 0) is 4.79 Å². The quantitative estimate of drug-likeness (QED) is 0.781. The summed E-state index contributed by atoms with van der Waals surface area (Å²) in [5.74, 6) is 0.342. The summed E-state index contributed by atoms with van der Waals surface area (Å²) in [6.07, 6.45) is 0. The molecule has 1 aliphatic rings. The lowest BCUT2D eigenvalue weighted by Crippen LogP contribution is -2.50. The minimum absolute atomic E-state index is 0.0527. The van der Waals surface area contributed by atoms with Gasteiger partial charge in [0.15, 0.2) is 5.76 Å². The largest absolute Gasteiger partial charge is 0.451 e. The molecular formula is C16H17BrN2O3. The van der Waals surface area contributed by atoms with E-state index in [0.717, 1.165) is 15.4 Å². The fourth-order valence-corrected chi connectivity index (χ4v) is 3.13. The molecule has 0 N–H and O–H groups in total. The maximum Gasteiger partial charge on any atom is 0.290 e. The Morgan fingerprint density at radius 3 is 2.41 bits per heavy atom. The molecule has 0 aliphatic carbocycles. The zero-order chi connectivity index (χ0) is 15.9. The number of benzene rings is 1. The minimum Gasteiger partial charge on any atom is -0.451 e. The average Bonchev–Trinajstić information content (AvgIpc) is 2.83. The van der Waals surface area contributed by atoms with Gasteiger partial charge in [-0.15, -0.1) is 0 Å². The first-order valence-electron chi connectivity index (χ1n) is 7.21. The first-order valence-corrected chi connectivity index (χ1v) is 8.00. The minimum atomic E-state index is -0.104. The van der Waals surface area contributed by atoms with E-state index >= 15 is 0 Å². The molecular weight excluding hydrogens is 348 g/mol. The van der Waals surface area contributed by atoms with Gasteiger partial charge in [-0.2, -0.15) is 0 Å². The summed E-state index contributed by atoms with van der Waals surface area (Å²) in [6.45, 7) is 5.69. The van der Waals surface area contributed by atoms with Gasteiger partial charge in [-0.25, -0.2) is 0 Å². The molecule has 2 heterocycles. The fourth-order valence-electron chi connectivity index (χ4n) is 2.77. The Labute approximate surface area is 137 Å². The first kappa shape index (κ1) is 15.1. The van der Waals surface area contributed by atoms with Crippen LogP contribution >= 0.6 is 15.9 Å². The molecule has 1 aliphatic heterocycles. The fraction of sp³-hybridized carbons (Fsp3) is 0.375. The van der Waals surface area contributed by atoms with Gasteiger partial charge < -0.3 is 14.2 Å². The van der Waals surface area contributed by atoms with Crippen molar-refractivity contribution in [2.75, 3.05) is 26.2 Å². The van der Waals surface area contributed by atoms with Crippen molar-refractivity contribution < 1.29 is 14.0 Å². The summed E-state index contributed by atoms with van der Waals surface area (Å²) in [5, 5.41) is 0.945. The lowest BCUT2D eigenvalue weighted by atomic mass is 10.1. The van der Waals surface area contributed by atoms with Gasteiger partial charge in [0.1, 0.15) is 5.58 Å². The summed E-state index contributed by atoms with van der Waals surface area (Å²) in [7, 11) is 0. The van der Waals surface area contributed by atoms with Gasteiger partial charge in [0, 0.05) is 48.5 Å². The van der Waals surface area contributed by atoms with Crippen LogP contribution in [0.1, 0.15) is 23.0 Å². The molecule has 116 valence electrons. The van der Waals surface area contributed by atoms with Crippen molar-refractivity contribution >= 4 is 38.7 Å². The highest BCUT2D eigenvalue weighted by Crippen LogP contribution is 2.29. The van der Waals surface area contributed by atoms with Crippen LogP contribution in [0.15, 0.2) is 27.1 Å². The number of furan rings is 1. The second kappa shape index (κ2) is 5.76. The van der Waals surface area contributed by atoms with Crippen molar-refractivity contribution in [3.63, 3.8) is 0 Å². The molecule has 1 aromatic carbocycles. The number of aryl methyl sites for hydroxylation is 1. The lowest BCUT2D eigenvalue weighted by Gasteiger charge is -2.33. The van der Waals surface area contributed by atoms with E-state index < -0.39 is 0 Å². The monoisotopic (exact) mass is 364 g/mol. The molecule has 0 unspecified atom stereocenters. The van der Waals surface area contributed by atoms with Gasteiger partial charge in [0.2, 0.25) is 5.91 Å². The average molecular weight is 365 g/mol. The summed E-state index contributed by atoms with van der Waals surface area (Å²) in [4.78, 5) is 27.5. The van der Waals surface area contributed by atoms with Gasteiger partial charge in [0.25, 0.3) is 5.91 Å². The number of carbonyl (C=O) groups excluding carboxylic acids is 2. The maximum absolute atomic E-state index is 12.7. The number of amides is 2. The van der Waals surface area contributed by atoms with Crippen LogP contribution in [0, 0.1) is 6.92 Å². The van der Waals surface area contributed by atoms with E-state index in [4.69, 9.17) is 4.42 Å². The van der Waals surface area contributed by atoms with Crippen molar-refractivity contribution in [1.82, 2.24) is 9.80 Å². The molecule has 1 saturated heterocycles. The second-order valence-electron chi connectivity index (χ2n) is 5.49. The van der Waals surface area contributed by atoms with Gasteiger partial charge in [-0.3, -0.25) is 9.59 Å². The standard InChI is InChI=1S/C16H17BrN2O3/c1-10-13-9-12(17)3-4-14(13)22-15(10)16(21)19-7-5-18(6-8-19)11(2)20/h3-4,9H,5-8H2,1-2H3. The Kier molecular flexibility index (Phi) is 3.95. The molecule has 2 amide bonds.